The number of rotatable bonds is 2. The van der Waals surface area contributed by atoms with Crippen LogP contribution in [0.5, 0.6) is 0 Å². The monoisotopic (exact) mass is 416 g/mol. The summed E-state index contributed by atoms with van der Waals surface area (Å²) in [4.78, 5) is 13.3. The second kappa shape index (κ2) is 17.2. The first kappa shape index (κ1) is 27.3. The lowest BCUT2D eigenvalue weighted by molar-refractivity contribution is 0.0895. The van der Waals surface area contributed by atoms with Gasteiger partial charge in [0, 0.05) is 20.2 Å². The summed E-state index contributed by atoms with van der Waals surface area (Å²) >= 11 is 0. The van der Waals surface area contributed by atoms with Gasteiger partial charge in [-0.3, -0.25) is 0 Å². The van der Waals surface area contributed by atoms with Gasteiger partial charge in [0.25, 0.3) is 0 Å². The van der Waals surface area contributed by atoms with E-state index < -0.39 is 18.4 Å². The van der Waals surface area contributed by atoms with Gasteiger partial charge in [-0.25, -0.2) is 13.6 Å². The van der Waals surface area contributed by atoms with Crippen molar-refractivity contribution in [2.45, 2.75) is 64.9 Å². The van der Waals surface area contributed by atoms with Gasteiger partial charge in [0.1, 0.15) is 19.0 Å². The number of halogens is 2. The van der Waals surface area contributed by atoms with Gasteiger partial charge >= 0.3 is 6.09 Å². The van der Waals surface area contributed by atoms with E-state index in [-0.39, 0.29) is 20.6 Å². The first-order valence-electron chi connectivity index (χ1n) is 10.0. The van der Waals surface area contributed by atoms with Crippen LogP contribution in [0.4, 0.5) is 13.6 Å². The number of ether oxygens (including phenoxy) is 1. The predicted molar refractivity (Wildman–Crippen MR) is 113 cm³/mol. The third-order valence-corrected chi connectivity index (χ3v) is 4.56. The van der Waals surface area contributed by atoms with Crippen molar-refractivity contribution in [1.29, 1.82) is 0 Å². The average Bonchev–Trinajstić information content (AvgIpc) is 3.11. The number of carbonyl (C=O) groups is 1. The van der Waals surface area contributed by atoms with Crippen molar-refractivity contribution in [1.82, 2.24) is 10.2 Å². The Morgan fingerprint density at radius 2 is 1.76 bits per heavy atom. The predicted octanol–water partition coefficient (Wildman–Crippen LogP) is 4.49. The van der Waals surface area contributed by atoms with E-state index in [1.807, 2.05) is 30.3 Å². The molecule has 2 heterocycles. The van der Waals surface area contributed by atoms with E-state index in [1.165, 1.54) is 4.90 Å². The number of carbonyl (C=O) groups excluding carboxylic acids is 1. The smallest absolute Gasteiger partial charge is 0.410 e. The first-order chi connectivity index (χ1) is 13.6. The van der Waals surface area contributed by atoms with E-state index in [1.54, 1.807) is 0 Å². The highest BCUT2D eigenvalue weighted by Gasteiger charge is 2.22. The molecule has 0 aromatic heterocycles. The van der Waals surface area contributed by atoms with E-state index in [9.17, 15) is 13.6 Å². The molecule has 168 valence electrons. The molecule has 1 amide bonds. The van der Waals surface area contributed by atoms with Gasteiger partial charge in [0.15, 0.2) is 0 Å². The molecular formula is C22H38F2N2O3. The summed E-state index contributed by atoms with van der Waals surface area (Å²) in [5.74, 6) is 0. The summed E-state index contributed by atoms with van der Waals surface area (Å²) in [6, 6.07) is 9.49. The molecule has 2 fully saturated rings. The summed E-state index contributed by atoms with van der Waals surface area (Å²) in [7, 11) is 1.00. The molecule has 2 saturated heterocycles. The van der Waals surface area contributed by atoms with Crippen LogP contribution in [0.3, 0.4) is 0 Å². The van der Waals surface area contributed by atoms with Crippen molar-refractivity contribution in [2.75, 3.05) is 33.3 Å². The minimum Gasteiger partial charge on any atom is -0.445 e. The van der Waals surface area contributed by atoms with E-state index in [2.05, 4.69) is 5.32 Å². The van der Waals surface area contributed by atoms with Crippen LogP contribution in [-0.2, 0) is 11.3 Å². The Labute approximate surface area is 174 Å². The number of nitrogens with zero attached hydrogens (tertiary/aromatic N) is 1. The number of hydrogen-bond acceptors (Lipinski definition) is 4. The quantitative estimate of drug-likeness (QED) is 0.746. The van der Waals surface area contributed by atoms with Crippen LogP contribution in [0.15, 0.2) is 30.3 Å². The fourth-order valence-corrected chi connectivity index (χ4v) is 3.04. The van der Waals surface area contributed by atoms with Crippen molar-refractivity contribution in [3.8, 4) is 0 Å². The number of aliphatic hydroxyl groups excluding tert-OH is 1. The lowest BCUT2D eigenvalue weighted by Gasteiger charge is -2.20. The Morgan fingerprint density at radius 3 is 2.48 bits per heavy atom. The first-order valence-corrected chi connectivity index (χ1v) is 10.0. The maximum Gasteiger partial charge on any atom is 0.410 e. The highest BCUT2D eigenvalue weighted by molar-refractivity contribution is 5.67. The second-order valence-electron chi connectivity index (χ2n) is 6.88. The molecule has 2 aliphatic rings. The maximum atomic E-state index is 13.4. The van der Waals surface area contributed by atoms with Gasteiger partial charge < -0.3 is 20.1 Å². The molecule has 0 saturated carbocycles. The molecule has 1 aromatic rings. The lowest BCUT2D eigenvalue weighted by Crippen LogP contribution is -2.35. The van der Waals surface area contributed by atoms with Crippen LogP contribution in [0.1, 0.15) is 51.5 Å². The van der Waals surface area contributed by atoms with Crippen LogP contribution in [-0.4, -0.2) is 61.7 Å². The summed E-state index contributed by atoms with van der Waals surface area (Å²) in [6.07, 6.45) is 3.26. The highest BCUT2D eigenvalue weighted by atomic mass is 19.1. The van der Waals surface area contributed by atoms with E-state index in [0.29, 0.717) is 19.5 Å². The normalized spacial score (nSPS) is 21.6. The number of benzene rings is 1. The molecule has 5 nitrogen and oxygen atoms in total. The molecule has 2 N–H and O–H groups in total. The summed E-state index contributed by atoms with van der Waals surface area (Å²) in [5, 5.41) is 10.0. The molecule has 0 spiro atoms. The zero-order chi connectivity index (χ0) is 20.6. The van der Waals surface area contributed by atoms with Gasteiger partial charge in [0.05, 0.1) is 6.54 Å². The zero-order valence-corrected chi connectivity index (χ0v) is 16.8. The van der Waals surface area contributed by atoms with Gasteiger partial charge in [-0.15, -0.1) is 0 Å². The van der Waals surface area contributed by atoms with Gasteiger partial charge in [-0.05, 0) is 50.6 Å². The Kier molecular flexibility index (Phi) is 16.1. The molecule has 3 rings (SSSR count). The molecule has 0 bridgehead atoms. The second-order valence-corrected chi connectivity index (χ2v) is 6.88. The van der Waals surface area contributed by atoms with E-state index in [4.69, 9.17) is 9.84 Å². The van der Waals surface area contributed by atoms with Crippen LogP contribution in [0.25, 0.3) is 0 Å². The molecular weight excluding hydrogens is 378 g/mol. The Hall–Kier alpha value is -1.73. The van der Waals surface area contributed by atoms with Crippen LogP contribution in [0.2, 0.25) is 0 Å². The Balaban J connectivity index is 0.000000601. The molecule has 2 atom stereocenters. The SMILES string of the molecule is C.CO.FC1CCCCNC1.O=C(OCc1ccccc1)N1CCCCC(F)C1. The van der Waals surface area contributed by atoms with Crippen molar-refractivity contribution in [2.24, 2.45) is 0 Å². The molecule has 0 aliphatic carbocycles. The molecule has 2 aliphatic heterocycles. The van der Waals surface area contributed by atoms with Gasteiger partial charge in [-0.1, -0.05) is 37.8 Å². The summed E-state index contributed by atoms with van der Waals surface area (Å²) in [5.41, 5.74) is 0.942. The van der Waals surface area contributed by atoms with E-state index >= 15 is 0 Å². The van der Waals surface area contributed by atoms with E-state index in [0.717, 1.165) is 51.3 Å². The topological polar surface area (TPSA) is 61.8 Å². The third-order valence-electron chi connectivity index (χ3n) is 4.56. The standard InChI is InChI=1S/C14H18FNO2.C6H12FN.CH4O.CH4/c15-13-8-4-5-9-16(10-13)14(17)18-11-12-6-2-1-3-7-12;7-6-3-1-2-4-8-5-6;1-2;/h1-3,6-7,13H,4-5,8-11H2;6,8H,1-5H2;2H,1H3;1H4. The van der Waals surface area contributed by atoms with Crippen molar-refractivity contribution >= 4 is 6.09 Å². The minimum atomic E-state index is -0.920. The average molecular weight is 417 g/mol. The van der Waals surface area contributed by atoms with Crippen LogP contribution in [0, 0.1) is 0 Å². The summed E-state index contributed by atoms with van der Waals surface area (Å²) in [6.45, 7) is 2.56. The highest BCUT2D eigenvalue weighted by Crippen LogP contribution is 2.14. The van der Waals surface area contributed by atoms with Gasteiger partial charge in [0.2, 0.25) is 0 Å². The largest absolute Gasteiger partial charge is 0.445 e. The molecule has 0 radical (unpaired) electrons. The lowest BCUT2D eigenvalue weighted by atomic mass is 10.2. The zero-order valence-electron chi connectivity index (χ0n) is 16.8. The van der Waals surface area contributed by atoms with Crippen molar-refractivity contribution in [3.63, 3.8) is 0 Å². The molecule has 7 heteroatoms. The third kappa shape index (κ3) is 12.4. The summed E-state index contributed by atoms with van der Waals surface area (Å²) < 4.78 is 30.9. The molecule has 29 heavy (non-hydrogen) atoms. The maximum absolute atomic E-state index is 13.4. The molecule has 1 aromatic carbocycles. The van der Waals surface area contributed by atoms with Crippen LogP contribution < -0.4 is 5.32 Å². The number of amides is 1. The minimum absolute atomic E-state index is 0. The van der Waals surface area contributed by atoms with Crippen molar-refractivity contribution < 1.29 is 23.4 Å². The molecule has 2 unspecified atom stereocenters. The van der Waals surface area contributed by atoms with Gasteiger partial charge in [-0.2, -0.15) is 0 Å². The Bertz CT molecular complexity index is 512. The van der Waals surface area contributed by atoms with Crippen molar-refractivity contribution in [3.05, 3.63) is 35.9 Å². The Morgan fingerprint density at radius 1 is 1.10 bits per heavy atom. The number of nitrogens with one attached hydrogen (secondary N) is 1. The number of hydrogen-bond donors (Lipinski definition) is 2. The number of aliphatic hydroxyl groups is 1. The number of alkyl halides is 2. The number of likely N-dealkylation sites (tertiary alicyclic amines) is 1. The fraction of sp³-hybridized carbons (Fsp3) is 0.682. The fourth-order valence-electron chi connectivity index (χ4n) is 3.04. The van der Waals surface area contributed by atoms with Crippen LogP contribution >= 0.6 is 0 Å².